The molecule has 0 bridgehead atoms. The molecule has 0 aliphatic rings. The van der Waals surface area contributed by atoms with E-state index in [1.54, 1.807) is 25.4 Å². The first kappa shape index (κ1) is 19.1. The molecule has 0 aliphatic carbocycles. The molecule has 140 valence electrons. The number of ether oxygens (including phenoxy) is 2. The topological polar surface area (TPSA) is 43.4 Å². The van der Waals surface area contributed by atoms with Crippen LogP contribution in [0.25, 0.3) is 0 Å². The molecule has 0 fully saturated rings. The van der Waals surface area contributed by atoms with Crippen molar-refractivity contribution >= 4 is 11.6 Å². The second-order valence-corrected chi connectivity index (χ2v) is 6.36. The minimum absolute atomic E-state index is 0.271. The maximum Gasteiger partial charge on any atom is 0.180 e. The summed E-state index contributed by atoms with van der Waals surface area (Å²) in [6.07, 6.45) is 1.77. The Morgan fingerprint density at radius 1 is 1.04 bits per heavy atom. The van der Waals surface area contributed by atoms with E-state index >= 15 is 0 Å². The van der Waals surface area contributed by atoms with Gasteiger partial charge in [0.05, 0.1) is 17.8 Å². The normalized spacial score (nSPS) is 10.6. The van der Waals surface area contributed by atoms with Gasteiger partial charge in [-0.05, 0) is 47.5 Å². The molecule has 1 N–H and O–H groups in total. The number of methoxy groups -OCH3 is 1. The van der Waals surface area contributed by atoms with E-state index in [-0.39, 0.29) is 12.4 Å². The summed E-state index contributed by atoms with van der Waals surface area (Å²) in [5.74, 6) is 0.744. The summed E-state index contributed by atoms with van der Waals surface area (Å²) >= 11 is 6.40. The zero-order chi connectivity index (χ0) is 19.1. The van der Waals surface area contributed by atoms with Crippen molar-refractivity contribution in [3.05, 3.63) is 88.5 Å². The second kappa shape index (κ2) is 9.35. The van der Waals surface area contributed by atoms with E-state index in [2.05, 4.69) is 10.3 Å². The van der Waals surface area contributed by atoms with Crippen molar-refractivity contribution in [2.24, 2.45) is 0 Å². The smallest absolute Gasteiger partial charge is 0.180 e. The van der Waals surface area contributed by atoms with Crippen LogP contribution in [0, 0.1) is 5.82 Å². The molecule has 4 nitrogen and oxygen atoms in total. The molecule has 1 aromatic heterocycles. The number of nitrogens with zero attached hydrogens (tertiary/aromatic N) is 1. The lowest BCUT2D eigenvalue weighted by atomic mass is 10.2. The van der Waals surface area contributed by atoms with E-state index in [0.29, 0.717) is 29.6 Å². The molecule has 0 saturated heterocycles. The number of rotatable bonds is 8. The first-order valence-corrected chi connectivity index (χ1v) is 8.88. The van der Waals surface area contributed by atoms with E-state index in [0.717, 1.165) is 16.8 Å². The fraction of sp³-hybridized carbons (Fsp3) is 0.190. The highest BCUT2D eigenvalue weighted by Crippen LogP contribution is 2.37. The number of halogens is 2. The summed E-state index contributed by atoms with van der Waals surface area (Å²) in [6.45, 7) is 1.54. The third kappa shape index (κ3) is 5.42. The van der Waals surface area contributed by atoms with Crippen molar-refractivity contribution in [3.8, 4) is 11.5 Å². The average molecular weight is 387 g/mol. The average Bonchev–Trinajstić information content (AvgIpc) is 2.69. The molecule has 27 heavy (non-hydrogen) atoms. The number of hydrogen-bond acceptors (Lipinski definition) is 4. The molecule has 3 rings (SSSR count). The van der Waals surface area contributed by atoms with Crippen LogP contribution in [0.15, 0.2) is 60.8 Å². The predicted octanol–water partition coefficient (Wildman–Crippen LogP) is 4.75. The first-order chi connectivity index (χ1) is 13.2. The van der Waals surface area contributed by atoms with Crippen molar-refractivity contribution in [1.82, 2.24) is 10.3 Å². The molecule has 0 spiro atoms. The lowest BCUT2D eigenvalue weighted by Gasteiger charge is -2.15. The molecule has 0 atom stereocenters. The highest BCUT2D eigenvalue weighted by molar-refractivity contribution is 6.32. The third-order valence-electron chi connectivity index (χ3n) is 3.95. The fourth-order valence-corrected chi connectivity index (χ4v) is 2.88. The number of pyridine rings is 1. The van der Waals surface area contributed by atoms with Gasteiger partial charge in [-0.25, -0.2) is 4.39 Å². The van der Waals surface area contributed by atoms with Gasteiger partial charge in [0, 0.05) is 19.3 Å². The van der Waals surface area contributed by atoms with Crippen molar-refractivity contribution in [2.45, 2.75) is 19.7 Å². The van der Waals surface area contributed by atoms with E-state index in [4.69, 9.17) is 21.1 Å². The van der Waals surface area contributed by atoms with E-state index in [1.165, 1.54) is 12.1 Å². The lowest BCUT2D eigenvalue weighted by molar-refractivity contribution is 0.284. The molecular formula is C21H20ClFN2O2. The van der Waals surface area contributed by atoms with Crippen LogP contribution in [0.5, 0.6) is 11.5 Å². The minimum atomic E-state index is -0.281. The summed E-state index contributed by atoms with van der Waals surface area (Å²) in [7, 11) is 1.57. The lowest BCUT2D eigenvalue weighted by Crippen LogP contribution is -2.13. The molecule has 0 saturated carbocycles. The van der Waals surface area contributed by atoms with Gasteiger partial charge in [-0.3, -0.25) is 4.98 Å². The number of nitrogens with one attached hydrogen (secondary N) is 1. The van der Waals surface area contributed by atoms with Crippen LogP contribution >= 0.6 is 11.6 Å². The number of hydrogen-bond donors (Lipinski definition) is 1. The first-order valence-electron chi connectivity index (χ1n) is 8.50. The van der Waals surface area contributed by atoms with Crippen LogP contribution < -0.4 is 14.8 Å². The Morgan fingerprint density at radius 3 is 2.56 bits per heavy atom. The van der Waals surface area contributed by atoms with Gasteiger partial charge in [0.25, 0.3) is 0 Å². The monoisotopic (exact) mass is 386 g/mol. The fourth-order valence-electron chi connectivity index (χ4n) is 2.59. The molecule has 6 heteroatoms. The van der Waals surface area contributed by atoms with Gasteiger partial charge in [0.1, 0.15) is 12.4 Å². The summed E-state index contributed by atoms with van der Waals surface area (Å²) in [5, 5.41) is 3.79. The van der Waals surface area contributed by atoms with Crippen LogP contribution in [0.2, 0.25) is 5.02 Å². The number of benzene rings is 2. The third-order valence-corrected chi connectivity index (χ3v) is 4.23. The van der Waals surface area contributed by atoms with Crippen LogP contribution in [0.3, 0.4) is 0 Å². The molecule has 3 aromatic rings. The minimum Gasteiger partial charge on any atom is -0.493 e. The standard InChI is InChI=1S/C21H20ClFN2O2/c1-26-20-11-16(12-24-13-18-4-2-3-9-25-18)10-19(22)21(20)27-14-15-5-7-17(23)8-6-15/h2-11,24H,12-14H2,1H3. The van der Waals surface area contributed by atoms with Gasteiger partial charge in [-0.15, -0.1) is 0 Å². The summed E-state index contributed by atoms with van der Waals surface area (Å²) in [4.78, 5) is 4.28. The molecule has 0 radical (unpaired) electrons. The van der Waals surface area contributed by atoms with Crippen LogP contribution in [0.4, 0.5) is 4.39 Å². The zero-order valence-corrected chi connectivity index (χ0v) is 15.7. The van der Waals surface area contributed by atoms with Crippen molar-refractivity contribution in [3.63, 3.8) is 0 Å². The van der Waals surface area contributed by atoms with Crippen LogP contribution in [-0.4, -0.2) is 12.1 Å². The highest BCUT2D eigenvalue weighted by atomic mass is 35.5. The van der Waals surface area contributed by atoms with Crippen molar-refractivity contribution < 1.29 is 13.9 Å². The van der Waals surface area contributed by atoms with Crippen molar-refractivity contribution in [2.75, 3.05) is 7.11 Å². The molecule has 0 aliphatic heterocycles. The second-order valence-electron chi connectivity index (χ2n) is 5.95. The predicted molar refractivity (Wildman–Crippen MR) is 104 cm³/mol. The summed E-state index contributed by atoms with van der Waals surface area (Å²) in [6, 6.07) is 15.7. The Bertz CT molecular complexity index is 873. The maximum absolute atomic E-state index is 13.0. The van der Waals surface area contributed by atoms with Gasteiger partial charge in [0.2, 0.25) is 0 Å². The Morgan fingerprint density at radius 2 is 1.85 bits per heavy atom. The Labute approximate surface area is 162 Å². The van der Waals surface area contributed by atoms with Gasteiger partial charge in [-0.2, -0.15) is 0 Å². The summed E-state index contributed by atoms with van der Waals surface area (Å²) in [5.41, 5.74) is 2.78. The molecule has 0 amide bonds. The van der Waals surface area contributed by atoms with Crippen LogP contribution in [0.1, 0.15) is 16.8 Å². The van der Waals surface area contributed by atoms with E-state index in [9.17, 15) is 4.39 Å². The van der Waals surface area contributed by atoms with Gasteiger partial charge in [-0.1, -0.05) is 29.8 Å². The van der Waals surface area contributed by atoms with Gasteiger partial charge >= 0.3 is 0 Å². The summed E-state index contributed by atoms with van der Waals surface area (Å²) < 4.78 is 24.2. The largest absolute Gasteiger partial charge is 0.493 e. The number of aromatic nitrogens is 1. The van der Waals surface area contributed by atoms with E-state index in [1.807, 2.05) is 30.3 Å². The molecule has 0 unspecified atom stereocenters. The van der Waals surface area contributed by atoms with E-state index < -0.39 is 0 Å². The van der Waals surface area contributed by atoms with Gasteiger partial charge < -0.3 is 14.8 Å². The molecule has 1 heterocycles. The zero-order valence-electron chi connectivity index (χ0n) is 14.9. The van der Waals surface area contributed by atoms with Gasteiger partial charge in [0.15, 0.2) is 11.5 Å². The molecular weight excluding hydrogens is 367 g/mol. The Kier molecular flexibility index (Phi) is 6.63. The quantitative estimate of drug-likeness (QED) is 0.606. The van der Waals surface area contributed by atoms with Crippen LogP contribution in [-0.2, 0) is 19.7 Å². The Balaban J connectivity index is 1.64. The SMILES string of the molecule is COc1cc(CNCc2ccccn2)cc(Cl)c1OCc1ccc(F)cc1. The Hall–Kier alpha value is -2.63. The maximum atomic E-state index is 13.0. The molecule has 2 aromatic carbocycles. The van der Waals surface area contributed by atoms with Crippen molar-refractivity contribution in [1.29, 1.82) is 0 Å². The highest BCUT2D eigenvalue weighted by Gasteiger charge is 2.12.